The molecule has 0 bridgehead atoms. The molecule has 0 spiro atoms. The molecule has 5 heteroatoms. The Bertz CT molecular complexity index is 511. The number of nitrogens with zero attached hydrogens (tertiary/aromatic N) is 2. The van der Waals surface area contributed by atoms with Crippen molar-refractivity contribution in [2.45, 2.75) is 19.5 Å². The number of methoxy groups -OCH3 is 1. The quantitative estimate of drug-likeness (QED) is 0.834. The lowest BCUT2D eigenvalue weighted by molar-refractivity contribution is 0.372. The van der Waals surface area contributed by atoms with Crippen LogP contribution < -0.4 is 10.1 Å². The third-order valence-electron chi connectivity index (χ3n) is 3.05. The number of ether oxygens (including phenoxy) is 1. The molecule has 2 rings (SSSR count). The van der Waals surface area contributed by atoms with Gasteiger partial charge in [0.15, 0.2) is 11.5 Å². The third kappa shape index (κ3) is 3.48. The molecule has 1 aromatic carbocycles. The van der Waals surface area contributed by atoms with E-state index in [0.717, 1.165) is 18.7 Å². The Labute approximate surface area is 112 Å². The summed E-state index contributed by atoms with van der Waals surface area (Å²) in [4.78, 5) is 0. The monoisotopic (exact) mass is 261 g/mol. The highest BCUT2D eigenvalue weighted by Gasteiger charge is 2.08. The van der Waals surface area contributed by atoms with E-state index in [1.165, 1.54) is 0 Å². The number of benzene rings is 1. The molecule has 0 aliphatic heterocycles. The molecule has 5 nitrogen and oxygen atoms in total. The highest BCUT2D eigenvalue weighted by molar-refractivity contribution is 5.42. The molecule has 0 saturated carbocycles. The zero-order valence-corrected chi connectivity index (χ0v) is 11.2. The van der Waals surface area contributed by atoms with E-state index in [1.54, 1.807) is 19.4 Å². The van der Waals surface area contributed by atoms with Crippen molar-refractivity contribution in [1.29, 1.82) is 0 Å². The van der Waals surface area contributed by atoms with Gasteiger partial charge in [0.1, 0.15) is 0 Å². The molecule has 0 aliphatic carbocycles. The zero-order valence-electron chi connectivity index (χ0n) is 11.2. The van der Waals surface area contributed by atoms with Gasteiger partial charge in [-0.15, -0.1) is 0 Å². The first-order valence-corrected chi connectivity index (χ1v) is 6.28. The van der Waals surface area contributed by atoms with Crippen LogP contribution in [-0.4, -0.2) is 28.5 Å². The molecule has 0 amide bonds. The smallest absolute Gasteiger partial charge is 0.160 e. The van der Waals surface area contributed by atoms with E-state index < -0.39 is 0 Å². The fourth-order valence-electron chi connectivity index (χ4n) is 1.91. The summed E-state index contributed by atoms with van der Waals surface area (Å²) in [7, 11) is 1.55. The van der Waals surface area contributed by atoms with Gasteiger partial charge in [-0.2, -0.15) is 5.10 Å². The predicted molar refractivity (Wildman–Crippen MR) is 73.3 cm³/mol. The molecule has 1 unspecified atom stereocenters. The van der Waals surface area contributed by atoms with Crippen molar-refractivity contribution < 1.29 is 9.84 Å². The Hall–Kier alpha value is -2.01. The second kappa shape index (κ2) is 6.24. The molecule has 19 heavy (non-hydrogen) atoms. The number of hydrogen-bond acceptors (Lipinski definition) is 4. The van der Waals surface area contributed by atoms with E-state index in [1.807, 2.05) is 29.1 Å². The summed E-state index contributed by atoms with van der Waals surface area (Å²) in [5.41, 5.74) is 1.08. The van der Waals surface area contributed by atoms with E-state index in [-0.39, 0.29) is 11.8 Å². The number of rotatable bonds is 6. The van der Waals surface area contributed by atoms with Gasteiger partial charge in [0.25, 0.3) is 0 Å². The van der Waals surface area contributed by atoms with Crippen LogP contribution in [0, 0.1) is 0 Å². The summed E-state index contributed by atoms with van der Waals surface area (Å²) in [5.74, 6) is 0.660. The van der Waals surface area contributed by atoms with Gasteiger partial charge >= 0.3 is 0 Å². The van der Waals surface area contributed by atoms with Crippen molar-refractivity contribution >= 4 is 0 Å². The average molecular weight is 261 g/mol. The molecule has 0 saturated heterocycles. The minimum absolute atomic E-state index is 0.162. The Balaban J connectivity index is 1.90. The first-order chi connectivity index (χ1) is 9.20. The minimum Gasteiger partial charge on any atom is -0.504 e. The Morgan fingerprint density at radius 2 is 2.32 bits per heavy atom. The minimum atomic E-state index is 0.162. The standard InChI is InChI=1S/C14H19N3O2/c1-11(15-7-9-17-8-3-6-16-17)12-4-5-13(18)14(10-12)19-2/h3-6,8,10-11,15,18H,7,9H2,1-2H3. The molecule has 1 aromatic heterocycles. The summed E-state index contributed by atoms with van der Waals surface area (Å²) in [6.07, 6.45) is 3.71. The summed E-state index contributed by atoms with van der Waals surface area (Å²) in [6, 6.07) is 7.49. The van der Waals surface area contributed by atoms with Crippen LogP contribution in [0.1, 0.15) is 18.5 Å². The van der Waals surface area contributed by atoms with Crippen LogP contribution in [0.4, 0.5) is 0 Å². The van der Waals surface area contributed by atoms with Crippen molar-refractivity contribution in [3.8, 4) is 11.5 Å². The third-order valence-corrected chi connectivity index (χ3v) is 3.05. The lowest BCUT2D eigenvalue weighted by Crippen LogP contribution is -2.23. The first kappa shape index (κ1) is 13.4. The molecule has 2 N–H and O–H groups in total. The van der Waals surface area contributed by atoms with Crippen molar-refractivity contribution in [3.05, 3.63) is 42.2 Å². The maximum atomic E-state index is 9.56. The maximum absolute atomic E-state index is 9.56. The normalized spacial score (nSPS) is 12.3. The molecule has 2 aromatic rings. The predicted octanol–water partition coefficient (Wildman–Crippen LogP) is 1.95. The zero-order chi connectivity index (χ0) is 13.7. The highest BCUT2D eigenvalue weighted by atomic mass is 16.5. The highest BCUT2D eigenvalue weighted by Crippen LogP contribution is 2.28. The lowest BCUT2D eigenvalue weighted by atomic mass is 10.1. The van der Waals surface area contributed by atoms with Gasteiger partial charge in [0.05, 0.1) is 13.7 Å². The van der Waals surface area contributed by atoms with Gasteiger partial charge in [0.2, 0.25) is 0 Å². The second-order valence-electron chi connectivity index (χ2n) is 4.38. The van der Waals surface area contributed by atoms with Crippen LogP contribution in [0.5, 0.6) is 11.5 Å². The van der Waals surface area contributed by atoms with Gasteiger partial charge in [0, 0.05) is 25.0 Å². The van der Waals surface area contributed by atoms with E-state index in [0.29, 0.717) is 5.75 Å². The summed E-state index contributed by atoms with van der Waals surface area (Å²) in [5, 5.41) is 17.1. The fraction of sp³-hybridized carbons (Fsp3) is 0.357. The summed E-state index contributed by atoms with van der Waals surface area (Å²) >= 11 is 0. The molecule has 0 radical (unpaired) electrons. The van der Waals surface area contributed by atoms with Crippen LogP contribution in [0.15, 0.2) is 36.7 Å². The van der Waals surface area contributed by atoms with Crippen LogP contribution >= 0.6 is 0 Å². The molecular weight excluding hydrogens is 242 g/mol. The van der Waals surface area contributed by atoms with Crippen molar-refractivity contribution in [2.24, 2.45) is 0 Å². The maximum Gasteiger partial charge on any atom is 0.160 e. The molecular formula is C14H19N3O2. The van der Waals surface area contributed by atoms with Gasteiger partial charge < -0.3 is 15.2 Å². The van der Waals surface area contributed by atoms with Crippen LogP contribution in [0.3, 0.4) is 0 Å². The Morgan fingerprint density at radius 1 is 1.47 bits per heavy atom. The van der Waals surface area contributed by atoms with Crippen molar-refractivity contribution in [1.82, 2.24) is 15.1 Å². The second-order valence-corrected chi connectivity index (χ2v) is 4.38. The Morgan fingerprint density at radius 3 is 3.00 bits per heavy atom. The topological polar surface area (TPSA) is 59.3 Å². The largest absolute Gasteiger partial charge is 0.504 e. The lowest BCUT2D eigenvalue weighted by Gasteiger charge is -2.15. The van der Waals surface area contributed by atoms with Crippen molar-refractivity contribution in [2.75, 3.05) is 13.7 Å². The number of hydrogen-bond donors (Lipinski definition) is 2. The van der Waals surface area contributed by atoms with Gasteiger partial charge in [-0.3, -0.25) is 4.68 Å². The van der Waals surface area contributed by atoms with Gasteiger partial charge in [-0.1, -0.05) is 6.07 Å². The SMILES string of the molecule is COc1cc(C(C)NCCn2cccn2)ccc1O. The van der Waals surface area contributed by atoms with E-state index >= 15 is 0 Å². The molecule has 1 heterocycles. The summed E-state index contributed by atoms with van der Waals surface area (Å²) in [6.45, 7) is 3.73. The van der Waals surface area contributed by atoms with E-state index in [2.05, 4.69) is 17.3 Å². The number of phenols is 1. The van der Waals surface area contributed by atoms with E-state index in [9.17, 15) is 5.11 Å². The average Bonchev–Trinajstić information content (AvgIpc) is 2.92. The molecule has 102 valence electrons. The number of aromatic hydroxyl groups is 1. The first-order valence-electron chi connectivity index (χ1n) is 6.28. The van der Waals surface area contributed by atoms with Crippen molar-refractivity contribution in [3.63, 3.8) is 0 Å². The molecule has 0 aliphatic rings. The van der Waals surface area contributed by atoms with E-state index in [4.69, 9.17) is 4.74 Å². The Kier molecular flexibility index (Phi) is 4.41. The van der Waals surface area contributed by atoms with Crippen LogP contribution in [-0.2, 0) is 6.54 Å². The number of phenolic OH excluding ortho intramolecular Hbond substituents is 1. The van der Waals surface area contributed by atoms with Crippen LogP contribution in [0.2, 0.25) is 0 Å². The molecule has 1 atom stereocenters. The van der Waals surface area contributed by atoms with Crippen LogP contribution in [0.25, 0.3) is 0 Å². The number of aromatic nitrogens is 2. The number of nitrogens with one attached hydrogen (secondary N) is 1. The summed E-state index contributed by atoms with van der Waals surface area (Å²) < 4.78 is 6.99. The van der Waals surface area contributed by atoms with Gasteiger partial charge in [-0.05, 0) is 30.7 Å². The molecule has 0 fully saturated rings. The fourth-order valence-corrected chi connectivity index (χ4v) is 1.91. The van der Waals surface area contributed by atoms with Gasteiger partial charge in [-0.25, -0.2) is 0 Å².